The molecule has 0 spiro atoms. The van der Waals surface area contributed by atoms with Crippen LogP contribution in [-0.2, 0) is 12.3 Å². The van der Waals surface area contributed by atoms with Crippen molar-refractivity contribution in [2.24, 2.45) is 0 Å². The van der Waals surface area contributed by atoms with Crippen molar-refractivity contribution in [3.63, 3.8) is 0 Å². The quantitative estimate of drug-likeness (QED) is 0.824. The van der Waals surface area contributed by atoms with E-state index in [2.05, 4.69) is 5.32 Å². The summed E-state index contributed by atoms with van der Waals surface area (Å²) in [6.45, 7) is 0.737. The fourth-order valence-electron chi connectivity index (χ4n) is 1.45. The van der Waals surface area contributed by atoms with E-state index < -0.39 is 0 Å². The number of nitrogens with one attached hydrogen (secondary N) is 1. The highest BCUT2D eigenvalue weighted by Gasteiger charge is 2.02. The molecule has 2 nitrogen and oxygen atoms in total. The maximum absolute atomic E-state index is 12.7. The summed E-state index contributed by atoms with van der Waals surface area (Å²) in [4.78, 5) is 1.04. The Balaban J connectivity index is 1.90. The van der Waals surface area contributed by atoms with E-state index >= 15 is 0 Å². The molecule has 0 saturated heterocycles. The lowest BCUT2D eigenvalue weighted by atomic mass is 10.4. The average molecular weight is 251 g/mol. The van der Waals surface area contributed by atoms with Crippen molar-refractivity contribution in [2.45, 2.75) is 17.2 Å². The van der Waals surface area contributed by atoms with Gasteiger partial charge in [-0.05, 0) is 43.4 Å². The molecule has 0 atom stereocenters. The number of rotatable bonds is 5. The molecule has 0 bridgehead atoms. The lowest BCUT2D eigenvalue weighted by Gasteiger charge is -1.99. The molecule has 1 aromatic heterocycles. The van der Waals surface area contributed by atoms with Crippen LogP contribution in [0.3, 0.4) is 0 Å². The Morgan fingerprint density at radius 3 is 2.53 bits per heavy atom. The van der Waals surface area contributed by atoms with Crippen molar-refractivity contribution in [3.8, 4) is 0 Å². The van der Waals surface area contributed by atoms with Crippen molar-refractivity contribution in [3.05, 3.63) is 53.7 Å². The van der Waals surface area contributed by atoms with Crippen LogP contribution >= 0.6 is 11.8 Å². The monoisotopic (exact) mass is 251 g/mol. The molecule has 0 aliphatic rings. The standard InChI is InChI=1S/C13H14FNOS/c1-15-8-11-4-5-12(16-11)9-17-13-6-2-10(14)3-7-13/h2-7,15H,8-9H2,1H3. The molecule has 0 unspecified atom stereocenters. The zero-order valence-electron chi connectivity index (χ0n) is 9.57. The number of furan rings is 1. The molecule has 2 aromatic rings. The van der Waals surface area contributed by atoms with Gasteiger partial charge in [0.05, 0.1) is 12.3 Å². The number of hydrogen-bond donors (Lipinski definition) is 1. The van der Waals surface area contributed by atoms with Gasteiger partial charge in [0.25, 0.3) is 0 Å². The molecule has 0 radical (unpaired) electrons. The minimum Gasteiger partial charge on any atom is -0.464 e. The highest BCUT2D eigenvalue weighted by atomic mass is 32.2. The van der Waals surface area contributed by atoms with Gasteiger partial charge < -0.3 is 9.73 Å². The Morgan fingerprint density at radius 1 is 1.12 bits per heavy atom. The van der Waals surface area contributed by atoms with Crippen molar-refractivity contribution in [1.82, 2.24) is 5.32 Å². The summed E-state index contributed by atoms with van der Waals surface area (Å²) in [6.07, 6.45) is 0. The number of thioether (sulfide) groups is 1. The Morgan fingerprint density at radius 2 is 1.82 bits per heavy atom. The largest absolute Gasteiger partial charge is 0.464 e. The Kier molecular flexibility index (Phi) is 4.23. The second-order valence-corrected chi connectivity index (χ2v) is 4.69. The first-order valence-corrected chi connectivity index (χ1v) is 6.37. The molecular weight excluding hydrogens is 237 g/mol. The van der Waals surface area contributed by atoms with Crippen LogP contribution in [0.25, 0.3) is 0 Å². The minimum absolute atomic E-state index is 0.205. The van der Waals surface area contributed by atoms with E-state index in [4.69, 9.17) is 4.42 Å². The van der Waals surface area contributed by atoms with Gasteiger partial charge in [-0.25, -0.2) is 4.39 Å². The van der Waals surface area contributed by atoms with Crippen LogP contribution < -0.4 is 5.32 Å². The van der Waals surface area contributed by atoms with Gasteiger partial charge >= 0.3 is 0 Å². The first kappa shape index (κ1) is 12.2. The van der Waals surface area contributed by atoms with E-state index in [1.54, 1.807) is 23.9 Å². The zero-order valence-corrected chi connectivity index (χ0v) is 10.4. The van der Waals surface area contributed by atoms with E-state index in [1.165, 1.54) is 12.1 Å². The van der Waals surface area contributed by atoms with Gasteiger partial charge in [0.2, 0.25) is 0 Å². The predicted octanol–water partition coefficient (Wildman–Crippen LogP) is 3.43. The molecule has 0 aliphatic heterocycles. The Bertz CT molecular complexity index is 467. The maximum Gasteiger partial charge on any atom is 0.123 e. The van der Waals surface area contributed by atoms with Crippen molar-refractivity contribution >= 4 is 11.8 Å². The van der Waals surface area contributed by atoms with E-state index in [9.17, 15) is 4.39 Å². The van der Waals surface area contributed by atoms with Crippen LogP contribution in [0, 0.1) is 5.82 Å². The van der Waals surface area contributed by atoms with Crippen molar-refractivity contribution < 1.29 is 8.81 Å². The van der Waals surface area contributed by atoms with Gasteiger partial charge in [-0.15, -0.1) is 11.8 Å². The number of halogens is 1. The van der Waals surface area contributed by atoms with E-state index in [0.29, 0.717) is 0 Å². The molecule has 90 valence electrons. The summed E-state index contributed by atoms with van der Waals surface area (Å²) in [5.74, 6) is 2.42. The topological polar surface area (TPSA) is 25.2 Å². The van der Waals surface area contributed by atoms with Crippen LogP contribution in [0.2, 0.25) is 0 Å². The molecule has 0 fully saturated rings. The molecule has 17 heavy (non-hydrogen) atoms. The second kappa shape index (κ2) is 5.89. The number of hydrogen-bond acceptors (Lipinski definition) is 3. The van der Waals surface area contributed by atoms with E-state index in [-0.39, 0.29) is 5.82 Å². The van der Waals surface area contributed by atoms with Crippen LogP contribution in [0.1, 0.15) is 11.5 Å². The molecule has 2 rings (SSSR count). The third-order valence-corrected chi connectivity index (χ3v) is 3.30. The third-order valence-electron chi connectivity index (χ3n) is 2.26. The molecule has 0 aliphatic carbocycles. The predicted molar refractivity (Wildman–Crippen MR) is 67.4 cm³/mol. The molecule has 1 N–H and O–H groups in total. The van der Waals surface area contributed by atoms with Crippen molar-refractivity contribution in [2.75, 3.05) is 7.05 Å². The Labute approximate surface area is 104 Å². The van der Waals surface area contributed by atoms with Crippen LogP contribution in [-0.4, -0.2) is 7.05 Å². The smallest absolute Gasteiger partial charge is 0.123 e. The highest BCUT2D eigenvalue weighted by molar-refractivity contribution is 7.98. The lowest BCUT2D eigenvalue weighted by molar-refractivity contribution is 0.469. The molecule has 1 aromatic carbocycles. The fourth-order valence-corrected chi connectivity index (χ4v) is 2.25. The summed E-state index contributed by atoms with van der Waals surface area (Å²) < 4.78 is 18.3. The first-order chi connectivity index (χ1) is 8.28. The number of benzene rings is 1. The van der Waals surface area contributed by atoms with Gasteiger partial charge in [-0.2, -0.15) is 0 Å². The summed E-state index contributed by atoms with van der Waals surface area (Å²) in [5, 5.41) is 3.04. The molecule has 4 heteroatoms. The summed E-state index contributed by atoms with van der Waals surface area (Å²) in [5.41, 5.74) is 0. The Hall–Kier alpha value is -1.26. The van der Waals surface area contributed by atoms with Gasteiger partial charge in [-0.3, -0.25) is 0 Å². The second-order valence-electron chi connectivity index (χ2n) is 3.64. The lowest BCUT2D eigenvalue weighted by Crippen LogP contribution is -2.03. The minimum atomic E-state index is -0.205. The van der Waals surface area contributed by atoms with Gasteiger partial charge in [0, 0.05) is 4.90 Å². The summed E-state index contributed by atoms with van der Waals surface area (Å²) in [7, 11) is 1.88. The average Bonchev–Trinajstić information content (AvgIpc) is 2.77. The van der Waals surface area contributed by atoms with Crippen molar-refractivity contribution in [1.29, 1.82) is 0 Å². The van der Waals surface area contributed by atoms with Crippen LogP contribution in [0.15, 0.2) is 45.7 Å². The summed E-state index contributed by atoms with van der Waals surface area (Å²) >= 11 is 1.63. The molecule has 1 heterocycles. The molecule has 0 amide bonds. The molecular formula is C13H14FNOS. The SMILES string of the molecule is CNCc1ccc(CSc2ccc(F)cc2)o1. The van der Waals surface area contributed by atoms with Gasteiger partial charge in [0.1, 0.15) is 17.3 Å². The van der Waals surface area contributed by atoms with Gasteiger partial charge in [0.15, 0.2) is 0 Å². The normalized spacial score (nSPS) is 10.7. The van der Waals surface area contributed by atoms with Gasteiger partial charge in [-0.1, -0.05) is 0 Å². The van der Waals surface area contributed by atoms with Crippen LogP contribution in [0.4, 0.5) is 4.39 Å². The van der Waals surface area contributed by atoms with E-state index in [1.807, 2.05) is 19.2 Å². The first-order valence-electron chi connectivity index (χ1n) is 5.38. The summed E-state index contributed by atoms with van der Waals surface area (Å²) in [6, 6.07) is 10.4. The third kappa shape index (κ3) is 3.61. The maximum atomic E-state index is 12.7. The molecule has 0 saturated carbocycles. The van der Waals surface area contributed by atoms with Crippen LogP contribution in [0.5, 0.6) is 0 Å². The highest BCUT2D eigenvalue weighted by Crippen LogP contribution is 2.23. The fraction of sp³-hybridized carbons (Fsp3) is 0.231. The van der Waals surface area contributed by atoms with E-state index in [0.717, 1.165) is 28.7 Å². The zero-order chi connectivity index (χ0) is 12.1.